The molecule has 11 heavy (non-hydrogen) atoms. The molecule has 0 saturated heterocycles. The number of carboxylic acids is 1. The van der Waals surface area contributed by atoms with Gasteiger partial charge in [0.2, 0.25) is 0 Å². The van der Waals surface area contributed by atoms with Crippen LogP contribution in [0.25, 0.3) is 0 Å². The number of carboxylic acid groups (broad SMARTS) is 1. The first-order chi connectivity index (χ1) is 5.13. The van der Waals surface area contributed by atoms with Crippen LogP contribution >= 0.6 is 0 Å². The number of nitrogens with two attached hydrogens (primary N) is 1. The summed E-state index contributed by atoms with van der Waals surface area (Å²) in [4.78, 5) is 20.9. The van der Waals surface area contributed by atoms with E-state index in [2.05, 4.69) is 10.5 Å². The third-order valence-electron chi connectivity index (χ3n) is 1.38. The van der Waals surface area contributed by atoms with Crippen LogP contribution in [0.1, 0.15) is 0 Å². The number of carbonyl (C=O) groups is 2. The van der Waals surface area contributed by atoms with Crippen molar-refractivity contribution in [1.29, 1.82) is 0 Å². The maximum atomic E-state index is 10.5. The van der Waals surface area contributed by atoms with Crippen molar-refractivity contribution in [3.05, 3.63) is 0 Å². The second-order valence-electron chi connectivity index (χ2n) is 2.11. The molecule has 6 heteroatoms. The minimum absolute atomic E-state index is 0.113. The van der Waals surface area contributed by atoms with Gasteiger partial charge in [-0.2, -0.15) is 5.10 Å². The molecule has 0 aromatic rings. The first kappa shape index (κ1) is 7.52. The second kappa shape index (κ2) is 2.57. The third kappa shape index (κ3) is 1.28. The molecule has 0 fully saturated rings. The molecular weight excluding hydrogens is 150 g/mol. The summed E-state index contributed by atoms with van der Waals surface area (Å²) in [7, 11) is 0. The predicted octanol–water partition coefficient (Wildman–Crippen LogP) is -1.87. The van der Waals surface area contributed by atoms with Crippen LogP contribution in [0.2, 0.25) is 0 Å². The number of rotatable bonds is 2. The van der Waals surface area contributed by atoms with Gasteiger partial charge in [-0.1, -0.05) is 0 Å². The van der Waals surface area contributed by atoms with Gasteiger partial charge in [-0.05, 0) is 0 Å². The molecule has 0 saturated carbocycles. The van der Waals surface area contributed by atoms with E-state index in [4.69, 9.17) is 10.8 Å². The Morgan fingerprint density at radius 2 is 2.36 bits per heavy atom. The average molecular weight is 157 g/mol. The van der Waals surface area contributed by atoms with Gasteiger partial charge in [0.15, 0.2) is 0 Å². The van der Waals surface area contributed by atoms with Crippen LogP contribution in [-0.4, -0.2) is 29.2 Å². The van der Waals surface area contributed by atoms with Crippen LogP contribution in [0.3, 0.4) is 0 Å². The molecule has 1 aliphatic rings. The molecule has 1 rings (SSSR count). The summed E-state index contributed by atoms with van der Waals surface area (Å²) in [6.45, 7) is 0.133. The Morgan fingerprint density at radius 1 is 1.73 bits per heavy atom. The van der Waals surface area contributed by atoms with Gasteiger partial charge in [-0.3, -0.25) is 9.59 Å². The zero-order chi connectivity index (χ0) is 8.43. The molecule has 1 amide bonds. The summed E-state index contributed by atoms with van der Waals surface area (Å²) in [6, 6.07) is 0. The number of nitrogens with zero attached hydrogens (tertiary/aromatic N) is 1. The Bertz CT molecular complexity index is 235. The molecule has 4 N–H and O–H groups in total. The van der Waals surface area contributed by atoms with E-state index in [-0.39, 0.29) is 12.3 Å². The number of primary amides is 1. The fourth-order valence-corrected chi connectivity index (χ4v) is 0.828. The van der Waals surface area contributed by atoms with E-state index in [1.165, 1.54) is 0 Å². The molecule has 60 valence electrons. The van der Waals surface area contributed by atoms with Gasteiger partial charge in [0, 0.05) is 0 Å². The summed E-state index contributed by atoms with van der Waals surface area (Å²) in [5, 5.41) is 12.0. The van der Waals surface area contributed by atoms with Gasteiger partial charge >= 0.3 is 5.97 Å². The van der Waals surface area contributed by atoms with E-state index in [0.29, 0.717) is 0 Å². The van der Waals surface area contributed by atoms with Crippen LogP contribution in [0.4, 0.5) is 0 Å². The number of hydrazone groups is 1. The van der Waals surface area contributed by atoms with Crippen LogP contribution in [-0.2, 0) is 9.59 Å². The first-order valence-electron chi connectivity index (χ1n) is 2.96. The quantitative estimate of drug-likeness (QED) is 0.436. The number of amides is 1. The highest BCUT2D eigenvalue weighted by Gasteiger charge is 2.31. The fourth-order valence-electron chi connectivity index (χ4n) is 0.828. The largest absolute Gasteiger partial charge is 0.481 e. The van der Waals surface area contributed by atoms with Crippen molar-refractivity contribution in [2.45, 2.75) is 0 Å². The maximum absolute atomic E-state index is 10.5. The highest BCUT2D eigenvalue weighted by molar-refractivity contribution is 6.42. The van der Waals surface area contributed by atoms with Gasteiger partial charge in [0.1, 0.15) is 11.6 Å². The van der Waals surface area contributed by atoms with Gasteiger partial charge in [0.05, 0.1) is 6.54 Å². The van der Waals surface area contributed by atoms with Gasteiger partial charge in [-0.25, -0.2) is 0 Å². The van der Waals surface area contributed by atoms with Crippen molar-refractivity contribution in [2.24, 2.45) is 16.8 Å². The molecular formula is C5H7N3O3. The summed E-state index contributed by atoms with van der Waals surface area (Å²) < 4.78 is 0. The topological polar surface area (TPSA) is 105 Å². The van der Waals surface area contributed by atoms with E-state index >= 15 is 0 Å². The van der Waals surface area contributed by atoms with Crippen LogP contribution in [0.5, 0.6) is 0 Å². The summed E-state index contributed by atoms with van der Waals surface area (Å²) in [5.74, 6) is -2.78. The minimum Gasteiger partial charge on any atom is -0.481 e. The smallest absolute Gasteiger partial charge is 0.314 e. The highest BCUT2D eigenvalue weighted by atomic mass is 16.4. The van der Waals surface area contributed by atoms with E-state index in [1.807, 2.05) is 0 Å². The average Bonchev–Trinajstić information content (AvgIpc) is 2.32. The van der Waals surface area contributed by atoms with Crippen LogP contribution < -0.4 is 11.2 Å². The lowest BCUT2D eigenvalue weighted by Crippen LogP contribution is -2.34. The molecule has 1 aliphatic heterocycles. The number of hydrogen-bond donors (Lipinski definition) is 3. The Labute approximate surface area is 62.1 Å². The third-order valence-corrected chi connectivity index (χ3v) is 1.38. The Kier molecular flexibility index (Phi) is 1.75. The molecule has 1 heterocycles. The number of hydrogen-bond acceptors (Lipinski definition) is 4. The Morgan fingerprint density at radius 3 is 2.73 bits per heavy atom. The van der Waals surface area contributed by atoms with Gasteiger partial charge in [0.25, 0.3) is 5.91 Å². The lowest BCUT2D eigenvalue weighted by atomic mass is 10.1. The van der Waals surface area contributed by atoms with Crippen LogP contribution in [0, 0.1) is 5.92 Å². The summed E-state index contributed by atoms with van der Waals surface area (Å²) in [5.41, 5.74) is 7.13. The zero-order valence-corrected chi connectivity index (χ0v) is 5.57. The van der Waals surface area contributed by atoms with Crippen molar-refractivity contribution < 1.29 is 14.7 Å². The molecule has 0 aliphatic carbocycles. The lowest BCUT2D eigenvalue weighted by molar-refractivity contribution is -0.139. The Balaban J connectivity index is 2.79. The SMILES string of the molecule is NC(=O)C1=NNCC1C(=O)O. The molecule has 1 atom stereocenters. The summed E-state index contributed by atoms with van der Waals surface area (Å²) in [6.07, 6.45) is 0. The van der Waals surface area contributed by atoms with Gasteiger partial charge in [-0.15, -0.1) is 0 Å². The van der Waals surface area contributed by atoms with Crippen molar-refractivity contribution in [1.82, 2.24) is 5.43 Å². The number of carbonyl (C=O) groups excluding carboxylic acids is 1. The molecule has 1 unspecified atom stereocenters. The number of nitrogens with one attached hydrogen (secondary N) is 1. The lowest BCUT2D eigenvalue weighted by Gasteiger charge is -2.00. The van der Waals surface area contributed by atoms with E-state index in [0.717, 1.165) is 0 Å². The van der Waals surface area contributed by atoms with Crippen molar-refractivity contribution in [3.63, 3.8) is 0 Å². The molecule has 0 aromatic carbocycles. The standard InChI is InChI=1S/C5H7N3O3/c6-4(9)3-2(5(10)11)1-7-8-3/h2,7H,1H2,(H2,6,9)(H,10,11). The van der Waals surface area contributed by atoms with Crippen molar-refractivity contribution >= 4 is 17.6 Å². The minimum atomic E-state index is -1.09. The van der Waals surface area contributed by atoms with Crippen LogP contribution in [0.15, 0.2) is 5.10 Å². The predicted molar refractivity (Wildman–Crippen MR) is 35.8 cm³/mol. The van der Waals surface area contributed by atoms with Crippen molar-refractivity contribution in [2.75, 3.05) is 6.54 Å². The van der Waals surface area contributed by atoms with Gasteiger partial charge < -0.3 is 16.3 Å². The van der Waals surface area contributed by atoms with E-state index in [1.54, 1.807) is 0 Å². The Hall–Kier alpha value is -1.59. The monoisotopic (exact) mass is 157 g/mol. The molecule has 0 radical (unpaired) electrons. The molecule has 0 aromatic heterocycles. The summed E-state index contributed by atoms with van der Waals surface area (Å²) >= 11 is 0. The van der Waals surface area contributed by atoms with Crippen molar-refractivity contribution in [3.8, 4) is 0 Å². The van der Waals surface area contributed by atoms with E-state index < -0.39 is 17.8 Å². The number of aliphatic carboxylic acids is 1. The normalized spacial score (nSPS) is 22.2. The fraction of sp³-hybridized carbons (Fsp3) is 0.400. The highest BCUT2D eigenvalue weighted by Crippen LogP contribution is 2.04. The first-order valence-corrected chi connectivity index (χ1v) is 2.96. The maximum Gasteiger partial charge on any atom is 0.314 e. The molecule has 6 nitrogen and oxygen atoms in total. The van der Waals surface area contributed by atoms with E-state index in [9.17, 15) is 9.59 Å². The second-order valence-corrected chi connectivity index (χ2v) is 2.11. The zero-order valence-electron chi connectivity index (χ0n) is 5.57. The molecule has 0 spiro atoms. The molecule has 0 bridgehead atoms.